The Balaban J connectivity index is 2.09. The summed E-state index contributed by atoms with van der Waals surface area (Å²) >= 11 is 0. The van der Waals surface area contributed by atoms with Crippen LogP contribution in [0.2, 0.25) is 0 Å². The van der Waals surface area contributed by atoms with Crippen LogP contribution in [0.4, 0.5) is 0 Å². The number of rotatable bonds is 2. The van der Waals surface area contributed by atoms with E-state index in [2.05, 4.69) is 17.1 Å². The first kappa shape index (κ1) is 12.8. The minimum atomic E-state index is 0.0456. The molecule has 1 saturated heterocycles. The maximum atomic E-state index is 12.2. The van der Waals surface area contributed by atoms with Gasteiger partial charge in [0.15, 0.2) is 0 Å². The van der Waals surface area contributed by atoms with Crippen LogP contribution in [-0.4, -0.2) is 61.5 Å². The van der Waals surface area contributed by atoms with Crippen LogP contribution in [0.5, 0.6) is 0 Å². The van der Waals surface area contributed by atoms with Crippen molar-refractivity contribution in [3.63, 3.8) is 0 Å². The highest BCUT2D eigenvalue weighted by Gasteiger charge is 2.38. The molecule has 2 fully saturated rings. The molecule has 0 radical (unpaired) electrons. The molecule has 0 aromatic heterocycles. The van der Waals surface area contributed by atoms with Crippen LogP contribution in [0.1, 0.15) is 26.2 Å². The standard InChI is InChI=1S/C13H25N3O/c1-10-5-4-6-11(10)16-8-7-14-9-12(16)13(17)15(2)3/h10-12,14H,4-9H2,1-3H3. The zero-order valence-electron chi connectivity index (χ0n) is 11.3. The van der Waals surface area contributed by atoms with Crippen molar-refractivity contribution < 1.29 is 4.79 Å². The molecule has 1 heterocycles. The Labute approximate surface area is 104 Å². The van der Waals surface area contributed by atoms with Gasteiger partial charge in [-0.25, -0.2) is 0 Å². The third-order valence-electron chi connectivity index (χ3n) is 4.25. The van der Waals surface area contributed by atoms with Crippen LogP contribution in [-0.2, 0) is 4.79 Å². The fraction of sp³-hybridized carbons (Fsp3) is 0.923. The second-order valence-corrected chi connectivity index (χ2v) is 5.67. The number of carbonyl (C=O) groups excluding carboxylic acids is 1. The summed E-state index contributed by atoms with van der Waals surface area (Å²) in [7, 11) is 3.71. The van der Waals surface area contributed by atoms with Crippen molar-refractivity contribution in [2.24, 2.45) is 5.92 Å². The fourth-order valence-corrected chi connectivity index (χ4v) is 3.26. The molecule has 0 bridgehead atoms. The molecule has 0 spiro atoms. The Morgan fingerprint density at radius 2 is 2.12 bits per heavy atom. The molecule has 2 rings (SSSR count). The molecule has 1 saturated carbocycles. The van der Waals surface area contributed by atoms with E-state index in [1.165, 1.54) is 19.3 Å². The molecule has 1 N–H and O–H groups in total. The van der Waals surface area contributed by atoms with E-state index in [4.69, 9.17) is 0 Å². The minimum absolute atomic E-state index is 0.0456. The van der Waals surface area contributed by atoms with E-state index in [9.17, 15) is 4.79 Å². The van der Waals surface area contributed by atoms with Crippen molar-refractivity contribution in [3.05, 3.63) is 0 Å². The van der Waals surface area contributed by atoms with Gasteiger partial charge in [-0.05, 0) is 18.8 Å². The summed E-state index contributed by atoms with van der Waals surface area (Å²) in [6, 6.07) is 0.662. The summed E-state index contributed by atoms with van der Waals surface area (Å²) in [4.78, 5) is 16.4. The lowest BCUT2D eigenvalue weighted by Gasteiger charge is -2.41. The predicted octanol–water partition coefficient (Wildman–Crippen LogP) is 0.537. The fourth-order valence-electron chi connectivity index (χ4n) is 3.26. The van der Waals surface area contributed by atoms with Gasteiger partial charge in [-0.15, -0.1) is 0 Å². The third-order valence-corrected chi connectivity index (χ3v) is 4.25. The Bertz CT molecular complexity index is 280. The summed E-state index contributed by atoms with van der Waals surface area (Å²) in [5.74, 6) is 0.988. The SMILES string of the molecule is CC1CCCC1N1CCNCC1C(=O)N(C)C. The molecule has 17 heavy (non-hydrogen) atoms. The van der Waals surface area contributed by atoms with Crippen LogP contribution in [0, 0.1) is 5.92 Å². The zero-order valence-corrected chi connectivity index (χ0v) is 11.3. The van der Waals surface area contributed by atoms with Crippen molar-refractivity contribution in [2.45, 2.75) is 38.3 Å². The monoisotopic (exact) mass is 239 g/mol. The summed E-state index contributed by atoms with van der Waals surface area (Å²) in [5, 5.41) is 3.35. The molecule has 4 nitrogen and oxygen atoms in total. The summed E-state index contributed by atoms with van der Waals surface area (Å²) in [6.07, 6.45) is 3.90. The molecule has 2 aliphatic rings. The molecule has 1 amide bonds. The van der Waals surface area contributed by atoms with E-state index < -0.39 is 0 Å². The van der Waals surface area contributed by atoms with Crippen LogP contribution >= 0.6 is 0 Å². The minimum Gasteiger partial charge on any atom is -0.347 e. The van der Waals surface area contributed by atoms with E-state index in [1.54, 1.807) is 4.90 Å². The maximum absolute atomic E-state index is 12.2. The molecule has 4 heteroatoms. The van der Waals surface area contributed by atoms with E-state index in [1.807, 2.05) is 14.1 Å². The normalized spacial score (nSPS) is 34.9. The highest BCUT2D eigenvalue weighted by atomic mass is 16.2. The van der Waals surface area contributed by atoms with Gasteiger partial charge in [0.2, 0.25) is 5.91 Å². The van der Waals surface area contributed by atoms with Gasteiger partial charge >= 0.3 is 0 Å². The van der Waals surface area contributed by atoms with Crippen LogP contribution < -0.4 is 5.32 Å². The first-order valence-electron chi connectivity index (χ1n) is 6.79. The van der Waals surface area contributed by atoms with Gasteiger partial charge in [-0.1, -0.05) is 13.3 Å². The Kier molecular flexibility index (Phi) is 4.05. The number of hydrogen-bond donors (Lipinski definition) is 1. The van der Waals surface area contributed by atoms with Crippen molar-refractivity contribution in [1.82, 2.24) is 15.1 Å². The number of likely N-dealkylation sites (N-methyl/N-ethyl adjacent to an activating group) is 1. The summed E-state index contributed by atoms with van der Waals surface area (Å²) in [5.41, 5.74) is 0. The van der Waals surface area contributed by atoms with E-state index >= 15 is 0 Å². The first-order chi connectivity index (χ1) is 8.11. The number of carbonyl (C=O) groups is 1. The number of amides is 1. The molecule has 3 unspecified atom stereocenters. The molecular formula is C13H25N3O. The smallest absolute Gasteiger partial charge is 0.240 e. The Morgan fingerprint density at radius 3 is 2.71 bits per heavy atom. The highest BCUT2D eigenvalue weighted by Crippen LogP contribution is 2.31. The van der Waals surface area contributed by atoms with Gasteiger partial charge in [0, 0.05) is 39.8 Å². The van der Waals surface area contributed by atoms with Gasteiger partial charge in [0.25, 0.3) is 0 Å². The van der Waals surface area contributed by atoms with Gasteiger partial charge < -0.3 is 10.2 Å². The molecule has 0 aromatic carbocycles. The molecule has 1 aliphatic heterocycles. The predicted molar refractivity (Wildman–Crippen MR) is 68.9 cm³/mol. The average Bonchev–Trinajstić information content (AvgIpc) is 2.74. The van der Waals surface area contributed by atoms with Gasteiger partial charge in [-0.2, -0.15) is 0 Å². The van der Waals surface area contributed by atoms with E-state index in [0.29, 0.717) is 6.04 Å². The third kappa shape index (κ3) is 2.63. The topological polar surface area (TPSA) is 35.6 Å². The number of nitrogens with one attached hydrogen (secondary N) is 1. The summed E-state index contributed by atoms with van der Waals surface area (Å²) in [6.45, 7) is 5.16. The number of hydrogen-bond acceptors (Lipinski definition) is 3. The first-order valence-corrected chi connectivity index (χ1v) is 6.79. The lowest BCUT2D eigenvalue weighted by molar-refractivity contribution is -0.136. The average molecular weight is 239 g/mol. The van der Waals surface area contributed by atoms with Gasteiger partial charge in [0.1, 0.15) is 6.04 Å². The largest absolute Gasteiger partial charge is 0.347 e. The van der Waals surface area contributed by atoms with Crippen molar-refractivity contribution >= 4 is 5.91 Å². The Hall–Kier alpha value is -0.610. The van der Waals surface area contributed by atoms with Crippen LogP contribution in [0.3, 0.4) is 0 Å². The highest BCUT2D eigenvalue weighted by molar-refractivity contribution is 5.81. The number of nitrogens with zero attached hydrogens (tertiary/aromatic N) is 2. The second kappa shape index (κ2) is 5.36. The lowest BCUT2D eigenvalue weighted by atomic mass is 10.0. The lowest BCUT2D eigenvalue weighted by Crippen LogP contribution is -2.60. The molecular weight excluding hydrogens is 214 g/mol. The zero-order chi connectivity index (χ0) is 12.4. The van der Waals surface area contributed by atoms with E-state index in [0.717, 1.165) is 25.6 Å². The van der Waals surface area contributed by atoms with Crippen molar-refractivity contribution in [2.75, 3.05) is 33.7 Å². The molecule has 3 atom stereocenters. The van der Waals surface area contributed by atoms with Crippen molar-refractivity contribution in [1.29, 1.82) is 0 Å². The maximum Gasteiger partial charge on any atom is 0.240 e. The van der Waals surface area contributed by atoms with E-state index in [-0.39, 0.29) is 11.9 Å². The molecule has 98 valence electrons. The van der Waals surface area contributed by atoms with Crippen molar-refractivity contribution in [3.8, 4) is 0 Å². The molecule has 0 aromatic rings. The summed E-state index contributed by atoms with van der Waals surface area (Å²) < 4.78 is 0. The molecule has 1 aliphatic carbocycles. The van der Waals surface area contributed by atoms with Gasteiger partial charge in [-0.3, -0.25) is 9.69 Å². The second-order valence-electron chi connectivity index (χ2n) is 5.67. The Morgan fingerprint density at radius 1 is 1.35 bits per heavy atom. The number of piperazine rings is 1. The quantitative estimate of drug-likeness (QED) is 0.764. The van der Waals surface area contributed by atoms with Crippen LogP contribution in [0.25, 0.3) is 0 Å². The van der Waals surface area contributed by atoms with Crippen LogP contribution in [0.15, 0.2) is 0 Å². The van der Waals surface area contributed by atoms with Gasteiger partial charge in [0.05, 0.1) is 0 Å².